The summed E-state index contributed by atoms with van der Waals surface area (Å²) in [7, 11) is 1.60. The van der Waals surface area contributed by atoms with Crippen molar-refractivity contribution < 1.29 is 9.84 Å². The van der Waals surface area contributed by atoms with Gasteiger partial charge in [0, 0.05) is 6.42 Å². The van der Waals surface area contributed by atoms with E-state index < -0.39 is 6.10 Å². The minimum atomic E-state index is -0.647. The van der Waals surface area contributed by atoms with E-state index in [0.717, 1.165) is 11.1 Å². The van der Waals surface area contributed by atoms with E-state index >= 15 is 0 Å². The molecule has 1 unspecified atom stereocenters. The maximum absolute atomic E-state index is 10.3. The van der Waals surface area contributed by atoms with E-state index in [2.05, 4.69) is 0 Å². The Labute approximate surface area is 122 Å². The predicted molar refractivity (Wildman–Crippen MR) is 78.1 cm³/mol. The van der Waals surface area contributed by atoms with E-state index in [9.17, 15) is 5.11 Å². The molecule has 1 N–H and O–H groups in total. The molecule has 2 rings (SSSR count). The highest BCUT2D eigenvalue weighted by Gasteiger charge is 2.12. The van der Waals surface area contributed by atoms with Crippen molar-refractivity contribution >= 4 is 23.2 Å². The third-order valence-electron chi connectivity index (χ3n) is 2.92. The van der Waals surface area contributed by atoms with E-state index in [1.54, 1.807) is 13.2 Å². The molecule has 2 aromatic rings. The molecule has 2 nitrogen and oxygen atoms in total. The number of ether oxygens (including phenoxy) is 1. The van der Waals surface area contributed by atoms with Crippen LogP contribution in [-0.2, 0) is 6.42 Å². The molecule has 0 aromatic heterocycles. The van der Waals surface area contributed by atoms with Crippen LogP contribution in [0.1, 0.15) is 17.2 Å². The number of rotatable bonds is 4. The summed E-state index contributed by atoms with van der Waals surface area (Å²) >= 11 is 12.1. The van der Waals surface area contributed by atoms with Crippen molar-refractivity contribution in [1.82, 2.24) is 0 Å². The largest absolute Gasteiger partial charge is 0.497 e. The van der Waals surface area contributed by atoms with Gasteiger partial charge in [-0.05, 0) is 29.3 Å². The van der Waals surface area contributed by atoms with Crippen molar-refractivity contribution in [3.8, 4) is 5.75 Å². The second kappa shape index (κ2) is 6.29. The zero-order valence-corrected chi connectivity index (χ0v) is 11.9. The molecule has 0 saturated heterocycles. The first-order chi connectivity index (χ1) is 9.11. The summed E-state index contributed by atoms with van der Waals surface area (Å²) in [6.07, 6.45) is -0.238. The molecule has 0 bridgehead atoms. The van der Waals surface area contributed by atoms with E-state index in [4.69, 9.17) is 27.9 Å². The average molecular weight is 297 g/mol. The molecular formula is C15H14Cl2O2. The Morgan fingerprint density at radius 2 is 1.89 bits per heavy atom. The van der Waals surface area contributed by atoms with Crippen molar-refractivity contribution in [2.24, 2.45) is 0 Å². The van der Waals surface area contributed by atoms with Crippen molar-refractivity contribution in [3.63, 3.8) is 0 Å². The molecule has 0 heterocycles. The van der Waals surface area contributed by atoms with E-state index in [0.29, 0.717) is 22.2 Å². The summed E-state index contributed by atoms with van der Waals surface area (Å²) in [6.45, 7) is 0. The van der Waals surface area contributed by atoms with Crippen LogP contribution >= 0.6 is 23.2 Å². The summed E-state index contributed by atoms with van der Waals surface area (Å²) in [5.74, 6) is 0.716. The maximum atomic E-state index is 10.3. The SMILES string of the molecule is COc1cccc(C(O)Cc2cccc(Cl)c2Cl)c1. The van der Waals surface area contributed by atoms with Gasteiger partial charge in [-0.2, -0.15) is 0 Å². The predicted octanol–water partition coefficient (Wildman–Crippen LogP) is 4.28. The molecule has 0 spiro atoms. The molecule has 19 heavy (non-hydrogen) atoms. The molecule has 100 valence electrons. The van der Waals surface area contributed by atoms with Crippen LogP contribution in [0.3, 0.4) is 0 Å². The molecule has 0 fully saturated rings. The summed E-state index contributed by atoms with van der Waals surface area (Å²) in [5, 5.41) is 11.2. The minimum absolute atomic E-state index is 0.409. The number of hydrogen-bond acceptors (Lipinski definition) is 2. The number of hydrogen-bond donors (Lipinski definition) is 1. The fraction of sp³-hybridized carbons (Fsp3) is 0.200. The quantitative estimate of drug-likeness (QED) is 0.912. The molecule has 1 atom stereocenters. The third kappa shape index (κ3) is 3.41. The highest BCUT2D eigenvalue weighted by atomic mass is 35.5. The second-order valence-corrected chi connectivity index (χ2v) is 4.99. The van der Waals surface area contributed by atoms with Crippen LogP contribution in [0.5, 0.6) is 5.75 Å². The maximum Gasteiger partial charge on any atom is 0.119 e. The smallest absolute Gasteiger partial charge is 0.119 e. The summed E-state index contributed by atoms with van der Waals surface area (Å²) in [6, 6.07) is 12.7. The first-order valence-corrected chi connectivity index (χ1v) is 6.62. The Morgan fingerprint density at radius 3 is 2.63 bits per heavy atom. The monoisotopic (exact) mass is 296 g/mol. The fourth-order valence-corrected chi connectivity index (χ4v) is 2.28. The zero-order valence-electron chi connectivity index (χ0n) is 10.4. The number of aliphatic hydroxyl groups is 1. The Hall–Kier alpha value is -1.22. The lowest BCUT2D eigenvalue weighted by atomic mass is 10.0. The highest BCUT2D eigenvalue weighted by molar-refractivity contribution is 6.42. The van der Waals surface area contributed by atoms with Crippen LogP contribution in [0, 0.1) is 0 Å². The normalized spacial score (nSPS) is 12.2. The topological polar surface area (TPSA) is 29.5 Å². The molecular weight excluding hydrogens is 283 g/mol. The lowest BCUT2D eigenvalue weighted by molar-refractivity contribution is 0.178. The highest BCUT2D eigenvalue weighted by Crippen LogP contribution is 2.29. The third-order valence-corrected chi connectivity index (χ3v) is 3.78. The molecule has 0 aliphatic heterocycles. The van der Waals surface area contributed by atoms with Gasteiger partial charge >= 0.3 is 0 Å². The Morgan fingerprint density at radius 1 is 1.16 bits per heavy atom. The minimum Gasteiger partial charge on any atom is -0.497 e. The second-order valence-electron chi connectivity index (χ2n) is 4.21. The van der Waals surface area contributed by atoms with Gasteiger partial charge in [0.1, 0.15) is 5.75 Å². The van der Waals surface area contributed by atoms with Crippen LogP contribution in [0.4, 0.5) is 0 Å². The Balaban J connectivity index is 2.20. The number of methoxy groups -OCH3 is 1. The van der Waals surface area contributed by atoms with Gasteiger partial charge in [0.2, 0.25) is 0 Å². The standard InChI is InChI=1S/C15H14Cl2O2/c1-19-12-6-2-4-10(8-12)14(18)9-11-5-3-7-13(16)15(11)17/h2-8,14,18H,9H2,1H3. The van der Waals surface area contributed by atoms with Crippen molar-refractivity contribution in [2.75, 3.05) is 7.11 Å². The average Bonchev–Trinajstić information content (AvgIpc) is 2.44. The molecule has 4 heteroatoms. The van der Waals surface area contributed by atoms with E-state index in [1.807, 2.05) is 36.4 Å². The number of aliphatic hydroxyl groups excluding tert-OH is 1. The van der Waals surface area contributed by atoms with Gasteiger partial charge in [0.05, 0.1) is 23.3 Å². The van der Waals surface area contributed by atoms with Crippen molar-refractivity contribution in [2.45, 2.75) is 12.5 Å². The van der Waals surface area contributed by atoms with Gasteiger partial charge in [0.25, 0.3) is 0 Å². The van der Waals surface area contributed by atoms with Crippen LogP contribution < -0.4 is 4.74 Å². The van der Waals surface area contributed by atoms with Crippen molar-refractivity contribution in [3.05, 3.63) is 63.6 Å². The van der Waals surface area contributed by atoms with Gasteiger partial charge in [-0.15, -0.1) is 0 Å². The molecule has 0 aliphatic rings. The van der Waals surface area contributed by atoms with Crippen LogP contribution in [-0.4, -0.2) is 12.2 Å². The number of halogens is 2. The molecule has 0 aliphatic carbocycles. The Bertz CT molecular complexity index is 570. The lowest BCUT2D eigenvalue weighted by Crippen LogP contribution is -2.02. The van der Waals surface area contributed by atoms with E-state index in [1.165, 1.54) is 0 Å². The Kier molecular flexibility index (Phi) is 4.70. The molecule has 2 aromatic carbocycles. The van der Waals surface area contributed by atoms with Gasteiger partial charge in [-0.3, -0.25) is 0 Å². The van der Waals surface area contributed by atoms with Crippen LogP contribution in [0.15, 0.2) is 42.5 Å². The summed E-state index contributed by atoms with van der Waals surface area (Å²) in [5.41, 5.74) is 1.61. The zero-order chi connectivity index (χ0) is 13.8. The molecule has 0 saturated carbocycles. The summed E-state index contributed by atoms with van der Waals surface area (Å²) in [4.78, 5) is 0. The van der Waals surface area contributed by atoms with Crippen LogP contribution in [0.25, 0.3) is 0 Å². The lowest BCUT2D eigenvalue weighted by Gasteiger charge is -2.13. The first-order valence-electron chi connectivity index (χ1n) is 5.86. The molecule has 0 radical (unpaired) electrons. The molecule has 0 amide bonds. The van der Waals surface area contributed by atoms with Crippen molar-refractivity contribution in [1.29, 1.82) is 0 Å². The summed E-state index contributed by atoms with van der Waals surface area (Å²) < 4.78 is 5.14. The van der Waals surface area contributed by atoms with Gasteiger partial charge in [-0.1, -0.05) is 47.5 Å². The first kappa shape index (κ1) is 14.2. The van der Waals surface area contributed by atoms with E-state index in [-0.39, 0.29) is 0 Å². The van der Waals surface area contributed by atoms with Gasteiger partial charge < -0.3 is 9.84 Å². The number of benzene rings is 2. The van der Waals surface area contributed by atoms with Gasteiger partial charge in [-0.25, -0.2) is 0 Å². The van der Waals surface area contributed by atoms with Crippen LogP contribution in [0.2, 0.25) is 10.0 Å². The fourth-order valence-electron chi connectivity index (χ4n) is 1.88. The van der Waals surface area contributed by atoms with Gasteiger partial charge in [0.15, 0.2) is 0 Å².